The molecule has 1 saturated heterocycles. The van der Waals surface area contributed by atoms with Gasteiger partial charge in [0.15, 0.2) is 0 Å². The smallest absolute Gasteiger partial charge is 0.123 e. The Hall–Kier alpha value is -1.03. The van der Waals surface area contributed by atoms with Crippen molar-refractivity contribution in [3.63, 3.8) is 0 Å². The maximum atomic E-state index is 5.62. The average molecular weight is 138 g/mol. The van der Waals surface area contributed by atoms with Gasteiger partial charge in [-0.15, -0.1) is 0 Å². The number of nitrogen functional groups attached to an aromatic ring is 1. The van der Waals surface area contributed by atoms with Crippen LogP contribution in [0.2, 0.25) is 0 Å². The molecule has 1 aliphatic rings. The summed E-state index contributed by atoms with van der Waals surface area (Å²) in [6, 6.07) is 0.530. The van der Waals surface area contributed by atoms with E-state index in [1.807, 2.05) is 4.57 Å². The molecule has 1 aromatic rings. The summed E-state index contributed by atoms with van der Waals surface area (Å²) in [6.45, 7) is 2.03. The van der Waals surface area contributed by atoms with E-state index in [0.717, 1.165) is 18.9 Å². The molecule has 0 spiro atoms. The van der Waals surface area contributed by atoms with Crippen LogP contribution >= 0.6 is 0 Å². The summed E-state index contributed by atoms with van der Waals surface area (Å²) >= 11 is 0. The van der Waals surface area contributed by atoms with E-state index in [2.05, 4.69) is 10.3 Å². The van der Waals surface area contributed by atoms with Gasteiger partial charge in [0.1, 0.15) is 5.82 Å². The Kier molecular flexibility index (Phi) is 1.14. The first-order valence-corrected chi connectivity index (χ1v) is 3.36. The van der Waals surface area contributed by atoms with Gasteiger partial charge in [-0.2, -0.15) is 0 Å². The van der Waals surface area contributed by atoms with Gasteiger partial charge in [0.05, 0.1) is 18.6 Å². The Morgan fingerprint density at radius 1 is 1.70 bits per heavy atom. The van der Waals surface area contributed by atoms with E-state index in [1.165, 1.54) is 0 Å². The fourth-order valence-corrected chi connectivity index (χ4v) is 1.09. The summed E-state index contributed by atoms with van der Waals surface area (Å²) in [7, 11) is 0. The van der Waals surface area contributed by atoms with E-state index >= 15 is 0 Å². The van der Waals surface area contributed by atoms with Crippen molar-refractivity contribution < 1.29 is 0 Å². The Balaban J connectivity index is 2.23. The van der Waals surface area contributed by atoms with E-state index in [1.54, 1.807) is 12.5 Å². The van der Waals surface area contributed by atoms with E-state index in [0.29, 0.717) is 6.04 Å². The zero-order valence-corrected chi connectivity index (χ0v) is 5.62. The molecule has 1 aliphatic heterocycles. The van der Waals surface area contributed by atoms with Gasteiger partial charge in [-0.1, -0.05) is 0 Å². The maximum Gasteiger partial charge on any atom is 0.123 e. The molecule has 0 amide bonds. The zero-order valence-electron chi connectivity index (χ0n) is 5.62. The monoisotopic (exact) mass is 138 g/mol. The predicted molar refractivity (Wildman–Crippen MR) is 38.5 cm³/mol. The molecule has 4 nitrogen and oxygen atoms in total. The van der Waals surface area contributed by atoms with E-state index < -0.39 is 0 Å². The van der Waals surface area contributed by atoms with Crippen LogP contribution < -0.4 is 11.1 Å². The lowest BCUT2D eigenvalue weighted by atomic mass is 10.2. The number of hydrogen-bond acceptors (Lipinski definition) is 3. The lowest BCUT2D eigenvalue weighted by Gasteiger charge is -2.28. The third kappa shape index (κ3) is 0.690. The van der Waals surface area contributed by atoms with Gasteiger partial charge in [-0.3, -0.25) is 0 Å². The molecule has 4 heteroatoms. The maximum absolute atomic E-state index is 5.62. The van der Waals surface area contributed by atoms with Gasteiger partial charge in [0, 0.05) is 13.1 Å². The lowest BCUT2D eigenvalue weighted by Crippen LogP contribution is -2.43. The molecule has 1 fully saturated rings. The summed E-state index contributed by atoms with van der Waals surface area (Å²) in [4.78, 5) is 3.93. The molecule has 10 heavy (non-hydrogen) atoms. The van der Waals surface area contributed by atoms with E-state index in [9.17, 15) is 0 Å². The van der Waals surface area contributed by atoms with Crippen LogP contribution in [-0.4, -0.2) is 22.6 Å². The number of imidazole rings is 1. The Morgan fingerprint density at radius 3 is 2.90 bits per heavy atom. The largest absolute Gasteiger partial charge is 0.384 e. The molecule has 0 aliphatic carbocycles. The first-order chi connectivity index (χ1) is 4.88. The number of anilines is 1. The molecule has 1 aromatic heterocycles. The molecular formula is C6H10N4. The molecule has 0 atom stereocenters. The van der Waals surface area contributed by atoms with Crippen molar-refractivity contribution in [2.24, 2.45) is 0 Å². The van der Waals surface area contributed by atoms with Crippen LogP contribution in [0.5, 0.6) is 0 Å². The van der Waals surface area contributed by atoms with Gasteiger partial charge < -0.3 is 15.6 Å². The minimum absolute atomic E-state index is 0.530. The van der Waals surface area contributed by atoms with Gasteiger partial charge in [0.25, 0.3) is 0 Å². The molecule has 2 heterocycles. The summed E-state index contributed by atoms with van der Waals surface area (Å²) in [6.07, 6.45) is 3.46. The predicted octanol–water partition coefficient (Wildman–Crippen LogP) is -0.390. The standard InChI is InChI=1S/C6H10N4/c7-6-3-9-4-10(6)5-1-8-2-5/h3-5,8H,1-2,7H2. The number of nitrogens with one attached hydrogen (secondary N) is 1. The third-order valence-electron chi connectivity index (χ3n) is 1.85. The topological polar surface area (TPSA) is 55.9 Å². The second kappa shape index (κ2) is 1.98. The number of rotatable bonds is 1. The molecule has 0 saturated carbocycles. The summed E-state index contributed by atoms with van der Waals surface area (Å²) in [5.74, 6) is 0.756. The van der Waals surface area contributed by atoms with Crippen LogP contribution in [0.15, 0.2) is 12.5 Å². The molecule has 0 radical (unpaired) electrons. The molecule has 54 valence electrons. The summed E-state index contributed by atoms with van der Waals surface area (Å²) in [5.41, 5.74) is 5.62. The quantitative estimate of drug-likeness (QED) is 0.555. The highest BCUT2D eigenvalue weighted by atomic mass is 15.2. The van der Waals surface area contributed by atoms with Crippen molar-refractivity contribution >= 4 is 5.82 Å². The fourth-order valence-electron chi connectivity index (χ4n) is 1.09. The Labute approximate surface area is 59.0 Å². The Bertz CT molecular complexity index is 225. The third-order valence-corrected chi connectivity index (χ3v) is 1.85. The van der Waals surface area contributed by atoms with Crippen LogP contribution in [-0.2, 0) is 0 Å². The minimum Gasteiger partial charge on any atom is -0.384 e. The molecule has 0 bridgehead atoms. The molecule has 3 N–H and O–H groups in total. The van der Waals surface area contributed by atoms with E-state index in [4.69, 9.17) is 5.73 Å². The van der Waals surface area contributed by atoms with Crippen molar-refractivity contribution in [3.8, 4) is 0 Å². The van der Waals surface area contributed by atoms with Crippen molar-refractivity contribution in [1.82, 2.24) is 14.9 Å². The van der Waals surface area contributed by atoms with Crippen LogP contribution in [0.3, 0.4) is 0 Å². The Morgan fingerprint density at radius 2 is 2.50 bits per heavy atom. The number of hydrogen-bond donors (Lipinski definition) is 2. The van der Waals surface area contributed by atoms with Crippen LogP contribution in [0, 0.1) is 0 Å². The molecule has 0 aromatic carbocycles. The first kappa shape index (κ1) is 5.73. The minimum atomic E-state index is 0.530. The van der Waals surface area contributed by atoms with Crippen molar-refractivity contribution in [2.75, 3.05) is 18.8 Å². The fraction of sp³-hybridized carbons (Fsp3) is 0.500. The van der Waals surface area contributed by atoms with Gasteiger partial charge >= 0.3 is 0 Å². The zero-order chi connectivity index (χ0) is 6.97. The average Bonchev–Trinajstić information content (AvgIpc) is 2.12. The normalized spacial score (nSPS) is 18.8. The highest BCUT2D eigenvalue weighted by molar-refractivity contribution is 5.26. The number of nitrogens with zero attached hydrogens (tertiary/aromatic N) is 2. The second-order valence-corrected chi connectivity index (χ2v) is 2.54. The van der Waals surface area contributed by atoms with Crippen molar-refractivity contribution in [1.29, 1.82) is 0 Å². The van der Waals surface area contributed by atoms with Crippen LogP contribution in [0.1, 0.15) is 6.04 Å². The SMILES string of the molecule is Nc1cncn1C1CNC1. The van der Waals surface area contributed by atoms with Crippen molar-refractivity contribution in [2.45, 2.75) is 6.04 Å². The highest BCUT2D eigenvalue weighted by Gasteiger charge is 2.19. The first-order valence-electron chi connectivity index (χ1n) is 3.36. The van der Waals surface area contributed by atoms with Gasteiger partial charge in [-0.05, 0) is 0 Å². The summed E-state index contributed by atoms with van der Waals surface area (Å²) in [5, 5.41) is 3.17. The van der Waals surface area contributed by atoms with Crippen LogP contribution in [0.25, 0.3) is 0 Å². The molecule has 2 rings (SSSR count). The summed E-state index contributed by atoms with van der Waals surface area (Å²) < 4.78 is 2.00. The van der Waals surface area contributed by atoms with Gasteiger partial charge in [-0.25, -0.2) is 4.98 Å². The number of nitrogens with two attached hydrogens (primary N) is 1. The highest BCUT2D eigenvalue weighted by Crippen LogP contribution is 2.14. The van der Waals surface area contributed by atoms with Crippen LogP contribution in [0.4, 0.5) is 5.82 Å². The molecule has 0 unspecified atom stereocenters. The number of aromatic nitrogens is 2. The molecular weight excluding hydrogens is 128 g/mol. The van der Waals surface area contributed by atoms with Crippen molar-refractivity contribution in [3.05, 3.63) is 12.5 Å². The second-order valence-electron chi connectivity index (χ2n) is 2.54. The van der Waals surface area contributed by atoms with Gasteiger partial charge in [0.2, 0.25) is 0 Å². The lowest BCUT2D eigenvalue weighted by molar-refractivity contribution is 0.346. The van der Waals surface area contributed by atoms with E-state index in [-0.39, 0.29) is 0 Å².